The molecule has 0 aromatic heterocycles. The van der Waals surface area contributed by atoms with Crippen LogP contribution in [0.4, 0.5) is 22.0 Å². The zero-order valence-corrected chi connectivity index (χ0v) is 26.1. The van der Waals surface area contributed by atoms with Crippen LogP contribution in [-0.4, -0.2) is 90.6 Å². The van der Waals surface area contributed by atoms with Crippen LogP contribution in [-0.2, 0) is 9.59 Å². The van der Waals surface area contributed by atoms with Crippen molar-refractivity contribution in [2.75, 3.05) is 46.3 Å². The molecule has 1 amide bonds. The highest BCUT2D eigenvalue weighted by atomic mass is 19.4. The standard InChI is InChI=1S/C34H44F5N3O3/c1-31-18-27(22-5-3-21(4-6-22)19-41-13-15-42(16-14-41)20-29(44)40-2)30-25-10-8-24(43)17-23(25)7-9-26(30)28(31)11-12-32(31,45)33(35,36)34(37,38)39/h3-5,17,22,26-28,45H,6-16,18-20H2,1-2H3,(H,40,44)/t22?,26?,27-,28?,31?,32+/m1/s1. The van der Waals surface area contributed by atoms with Crippen molar-refractivity contribution in [2.24, 2.45) is 29.1 Å². The highest BCUT2D eigenvalue weighted by molar-refractivity contribution is 5.93. The Bertz CT molecular complexity index is 1340. The smallest absolute Gasteiger partial charge is 0.383 e. The molecule has 4 unspecified atom stereocenters. The molecule has 248 valence electrons. The van der Waals surface area contributed by atoms with E-state index in [0.717, 1.165) is 55.0 Å². The molecule has 3 fully saturated rings. The van der Waals surface area contributed by atoms with Crippen molar-refractivity contribution in [2.45, 2.75) is 76.0 Å². The number of piperazine rings is 1. The summed E-state index contributed by atoms with van der Waals surface area (Å²) >= 11 is 0. The van der Waals surface area contributed by atoms with E-state index < -0.39 is 35.5 Å². The van der Waals surface area contributed by atoms with Crippen molar-refractivity contribution in [1.29, 1.82) is 0 Å². The first-order valence-corrected chi connectivity index (χ1v) is 16.3. The number of fused-ring (bicyclic) bond motifs is 4. The Morgan fingerprint density at radius 1 is 1.04 bits per heavy atom. The molecule has 45 heavy (non-hydrogen) atoms. The second-order valence-electron chi connectivity index (χ2n) is 14.3. The quantitative estimate of drug-likeness (QED) is 0.392. The molecule has 0 aromatic carbocycles. The molecule has 2 N–H and O–H groups in total. The van der Waals surface area contributed by atoms with Crippen molar-refractivity contribution in [3.05, 3.63) is 46.6 Å². The Morgan fingerprint density at radius 2 is 1.76 bits per heavy atom. The Balaban J connectivity index is 1.26. The number of hydrogen-bond acceptors (Lipinski definition) is 5. The lowest BCUT2D eigenvalue weighted by Crippen LogP contribution is -2.65. The van der Waals surface area contributed by atoms with E-state index in [0.29, 0.717) is 38.6 Å². The summed E-state index contributed by atoms with van der Waals surface area (Å²) in [5, 5.41) is 14.1. The topological polar surface area (TPSA) is 72.9 Å². The molecule has 6 atom stereocenters. The number of carbonyl (C=O) groups excluding carboxylic acids is 2. The van der Waals surface area contributed by atoms with Gasteiger partial charge < -0.3 is 10.4 Å². The number of rotatable bonds is 6. The number of aliphatic hydroxyl groups is 1. The number of amides is 1. The van der Waals surface area contributed by atoms with Crippen molar-refractivity contribution < 1.29 is 36.6 Å². The van der Waals surface area contributed by atoms with E-state index in [9.17, 15) is 27.9 Å². The molecule has 0 spiro atoms. The number of hydrogen-bond donors (Lipinski definition) is 2. The third kappa shape index (κ3) is 5.44. The third-order valence-corrected chi connectivity index (χ3v) is 12.0. The van der Waals surface area contributed by atoms with Crippen LogP contribution < -0.4 is 5.32 Å². The second kappa shape index (κ2) is 11.7. The van der Waals surface area contributed by atoms with E-state index in [1.807, 2.05) is 0 Å². The van der Waals surface area contributed by atoms with Gasteiger partial charge in [-0.2, -0.15) is 22.0 Å². The molecule has 11 heteroatoms. The summed E-state index contributed by atoms with van der Waals surface area (Å²) in [6.07, 6.45) is 4.51. The van der Waals surface area contributed by atoms with Gasteiger partial charge in [-0.1, -0.05) is 30.7 Å². The zero-order valence-electron chi connectivity index (χ0n) is 26.1. The van der Waals surface area contributed by atoms with Gasteiger partial charge in [0.2, 0.25) is 5.91 Å². The predicted molar refractivity (Wildman–Crippen MR) is 159 cm³/mol. The zero-order chi connectivity index (χ0) is 32.4. The maximum atomic E-state index is 15.2. The van der Waals surface area contributed by atoms with Crippen LogP contribution in [0.25, 0.3) is 0 Å². The molecule has 0 bridgehead atoms. The lowest BCUT2D eigenvalue weighted by Gasteiger charge is -2.57. The summed E-state index contributed by atoms with van der Waals surface area (Å²) in [5.74, 6) is -6.26. The summed E-state index contributed by atoms with van der Waals surface area (Å²) in [7, 11) is 1.63. The Hall–Kier alpha value is -2.37. The van der Waals surface area contributed by atoms with Gasteiger partial charge >= 0.3 is 12.1 Å². The average Bonchev–Trinajstić information content (AvgIpc) is 3.28. The van der Waals surface area contributed by atoms with Crippen molar-refractivity contribution in [1.82, 2.24) is 15.1 Å². The molecule has 1 heterocycles. The van der Waals surface area contributed by atoms with Gasteiger partial charge in [0, 0.05) is 51.6 Å². The summed E-state index contributed by atoms with van der Waals surface area (Å²) in [6.45, 7) is 5.83. The van der Waals surface area contributed by atoms with Gasteiger partial charge in [-0.3, -0.25) is 19.4 Å². The lowest BCUT2D eigenvalue weighted by atomic mass is 9.49. The number of halogens is 5. The lowest BCUT2D eigenvalue weighted by molar-refractivity contribution is -0.363. The van der Waals surface area contributed by atoms with Crippen LogP contribution in [0.1, 0.15) is 58.3 Å². The van der Waals surface area contributed by atoms with Gasteiger partial charge in [0.25, 0.3) is 0 Å². The Kier molecular flexibility index (Phi) is 8.47. The average molecular weight is 638 g/mol. The first kappa shape index (κ1) is 32.6. The van der Waals surface area contributed by atoms with E-state index in [1.165, 1.54) is 6.92 Å². The molecule has 1 aliphatic heterocycles. The molecule has 1 saturated heterocycles. The number of alkyl halides is 5. The molecular formula is C34H44F5N3O3. The fraction of sp³-hybridized carbons (Fsp3) is 0.706. The summed E-state index contributed by atoms with van der Waals surface area (Å²) < 4.78 is 72.0. The molecule has 6 nitrogen and oxygen atoms in total. The summed E-state index contributed by atoms with van der Waals surface area (Å²) in [5.41, 5.74) is -0.437. The van der Waals surface area contributed by atoms with Crippen LogP contribution in [0.5, 0.6) is 0 Å². The predicted octanol–water partition coefficient (Wildman–Crippen LogP) is 5.21. The van der Waals surface area contributed by atoms with Crippen LogP contribution in [0.3, 0.4) is 0 Å². The van der Waals surface area contributed by atoms with E-state index in [4.69, 9.17) is 0 Å². The number of nitrogens with one attached hydrogen (secondary N) is 1. The van der Waals surface area contributed by atoms with Crippen LogP contribution in [0, 0.1) is 29.1 Å². The Labute approximate surface area is 261 Å². The van der Waals surface area contributed by atoms with Gasteiger partial charge in [-0.25, -0.2) is 0 Å². The maximum absolute atomic E-state index is 15.2. The Morgan fingerprint density at radius 3 is 2.40 bits per heavy atom. The van der Waals surface area contributed by atoms with Gasteiger partial charge in [0.1, 0.15) is 5.60 Å². The van der Waals surface area contributed by atoms with Gasteiger partial charge in [0.15, 0.2) is 5.78 Å². The highest BCUT2D eigenvalue weighted by Crippen LogP contribution is 2.70. The van der Waals surface area contributed by atoms with E-state index in [1.54, 1.807) is 13.1 Å². The van der Waals surface area contributed by atoms with E-state index >= 15 is 8.78 Å². The van der Waals surface area contributed by atoms with Crippen LogP contribution >= 0.6 is 0 Å². The van der Waals surface area contributed by atoms with Gasteiger partial charge in [-0.15, -0.1) is 0 Å². The minimum atomic E-state index is -5.85. The largest absolute Gasteiger partial charge is 0.456 e. The van der Waals surface area contributed by atoms with Crippen LogP contribution in [0.2, 0.25) is 0 Å². The normalized spacial score (nSPS) is 36.2. The fourth-order valence-electron chi connectivity index (χ4n) is 9.60. The number of carbonyl (C=O) groups is 2. The number of allylic oxidation sites excluding steroid dienone is 6. The molecule has 0 aromatic rings. The monoisotopic (exact) mass is 637 g/mol. The summed E-state index contributed by atoms with van der Waals surface area (Å²) in [4.78, 5) is 28.5. The number of ketones is 1. The molecule has 6 rings (SSSR count). The first-order chi connectivity index (χ1) is 21.2. The molecule has 5 aliphatic carbocycles. The SMILES string of the molecule is CNC(=O)CN1CCN(CC2=CCC([C@H]3CC4(C)C(CC[C@@]4(O)C(F)(F)C(F)(F)F)C4CCC5=CC(=O)CCC5=C43)C=C2)CC1. The van der Waals surface area contributed by atoms with E-state index in [2.05, 4.69) is 33.3 Å². The molecule has 0 radical (unpaired) electrons. The minimum Gasteiger partial charge on any atom is -0.383 e. The molecule has 6 aliphatic rings. The first-order valence-electron chi connectivity index (χ1n) is 16.3. The van der Waals surface area contributed by atoms with Crippen molar-refractivity contribution in [3.63, 3.8) is 0 Å². The maximum Gasteiger partial charge on any atom is 0.456 e. The second-order valence-corrected chi connectivity index (χ2v) is 14.3. The summed E-state index contributed by atoms with van der Waals surface area (Å²) in [6, 6.07) is 0. The molecule has 2 saturated carbocycles. The van der Waals surface area contributed by atoms with E-state index in [-0.39, 0.29) is 42.3 Å². The van der Waals surface area contributed by atoms with Crippen LogP contribution in [0.15, 0.2) is 46.6 Å². The van der Waals surface area contributed by atoms with Crippen molar-refractivity contribution in [3.8, 4) is 0 Å². The number of likely N-dealkylation sites (N-methyl/N-ethyl adjacent to an activating group) is 1. The van der Waals surface area contributed by atoms with Crippen molar-refractivity contribution >= 4 is 11.7 Å². The minimum absolute atomic E-state index is 0.00727. The number of nitrogens with zero attached hydrogens (tertiary/aromatic N) is 2. The molecular weight excluding hydrogens is 593 g/mol. The van der Waals surface area contributed by atoms with Gasteiger partial charge in [-0.05, 0) is 91.4 Å². The van der Waals surface area contributed by atoms with Gasteiger partial charge in [0.05, 0.1) is 6.54 Å². The highest BCUT2D eigenvalue weighted by Gasteiger charge is 2.79. The fourth-order valence-corrected chi connectivity index (χ4v) is 9.60. The third-order valence-electron chi connectivity index (χ3n) is 12.0.